The van der Waals surface area contributed by atoms with Crippen molar-refractivity contribution < 1.29 is 0 Å². The predicted octanol–water partition coefficient (Wildman–Crippen LogP) is 3.11. The molecule has 0 bridgehead atoms. The summed E-state index contributed by atoms with van der Waals surface area (Å²) in [5.74, 6) is 0.824. The first kappa shape index (κ1) is 12.1. The number of nitriles is 1. The molecular formula is C15H20N2. The Bertz CT molecular complexity index is 360. The van der Waals surface area contributed by atoms with Gasteiger partial charge in [-0.25, -0.2) is 0 Å². The van der Waals surface area contributed by atoms with Crippen molar-refractivity contribution in [2.24, 2.45) is 11.8 Å². The van der Waals surface area contributed by atoms with Crippen LogP contribution < -0.4 is 5.32 Å². The molecule has 1 N–H and O–H groups in total. The minimum absolute atomic E-state index is 0.196. The topological polar surface area (TPSA) is 35.8 Å². The van der Waals surface area contributed by atoms with E-state index in [1.807, 2.05) is 6.07 Å². The van der Waals surface area contributed by atoms with E-state index in [9.17, 15) is 5.26 Å². The summed E-state index contributed by atoms with van der Waals surface area (Å²) in [6.07, 6.45) is 5.10. The van der Waals surface area contributed by atoms with E-state index in [1.54, 1.807) is 0 Å². The van der Waals surface area contributed by atoms with E-state index >= 15 is 0 Å². The predicted molar refractivity (Wildman–Crippen MR) is 69.2 cm³/mol. The SMILES string of the molecule is N#CC(CNCc1ccccc1)C1CCCC1. The Kier molecular flexibility index (Phi) is 4.58. The lowest BCUT2D eigenvalue weighted by atomic mass is 9.92. The van der Waals surface area contributed by atoms with Gasteiger partial charge in [-0.2, -0.15) is 5.26 Å². The Morgan fingerprint density at radius 3 is 2.59 bits per heavy atom. The Morgan fingerprint density at radius 2 is 1.94 bits per heavy atom. The monoisotopic (exact) mass is 228 g/mol. The average molecular weight is 228 g/mol. The molecule has 2 heteroatoms. The molecule has 1 atom stereocenters. The maximum Gasteiger partial charge on any atom is 0.0672 e. The number of benzene rings is 1. The first-order valence-corrected chi connectivity index (χ1v) is 6.54. The molecule has 2 rings (SSSR count). The molecule has 1 aromatic carbocycles. The largest absolute Gasteiger partial charge is 0.311 e. The molecule has 17 heavy (non-hydrogen) atoms. The third kappa shape index (κ3) is 3.57. The first-order chi connectivity index (χ1) is 8.40. The fourth-order valence-electron chi connectivity index (χ4n) is 2.65. The third-order valence-electron chi connectivity index (χ3n) is 3.67. The van der Waals surface area contributed by atoms with E-state index in [2.05, 4.69) is 35.7 Å². The smallest absolute Gasteiger partial charge is 0.0672 e. The van der Waals surface area contributed by atoms with Crippen LogP contribution in [0.5, 0.6) is 0 Å². The highest BCUT2D eigenvalue weighted by molar-refractivity contribution is 5.14. The maximum absolute atomic E-state index is 9.19. The number of hydrogen-bond donors (Lipinski definition) is 1. The highest BCUT2D eigenvalue weighted by atomic mass is 14.9. The van der Waals surface area contributed by atoms with Gasteiger partial charge in [-0.15, -0.1) is 0 Å². The summed E-state index contributed by atoms with van der Waals surface area (Å²) in [6, 6.07) is 12.8. The Hall–Kier alpha value is -1.33. The van der Waals surface area contributed by atoms with E-state index in [0.29, 0.717) is 5.92 Å². The summed E-state index contributed by atoms with van der Waals surface area (Å²) >= 11 is 0. The molecule has 1 fully saturated rings. The molecule has 1 aliphatic carbocycles. The van der Waals surface area contributed by atoms with Crippen LogP contribution in [0.4, 0.5) is 0 Å². The highest BCUT2D eigenvalue weighted by Gasteiger charge is 2.24. The molecule has 0 aliphatic heterocycles. The number of hydrogen-bond acceptors (Lipinski definition) is 2. The zero-order valence-corrected chi connectivity index (χ0v) is 10.2. The second kappa shape index (κ2) is 6.42. The normalized spacial score (nSPS) is 17.8. The lowest BCUT2D eigenvalue weighted by Gasteiger charge is -2.16. The van der Waals surface area contributed by atoms with Gasteiger partial charge >= 0.3 is 0 Å². The molecule has 0 amide bonds. The summed E-state index contributed by atoms with van der Waals surface area (Å²) in [4.78, 5) is 0. The minimum Gasteiger partial charge on any atom is -0.311 e. The van der Waals surface area contributed by atoms with Crippen LogP contribution in [0.25, 0.3) is 0 Å². The van der Waals surface area contributed by atoms with Gasteiger partial charge in [-0.05, 0) is 24.3 Å². The summed E-state index contributed by atoms with van der Waals surface area (Å²) in [5, 5.41) is 12.6. The molecule has 1 aromatic rings. The molecule has 0 aromatic heterocycles. The van der Waals surface area contributed by atoms with E-state index < -0.39 is 0 Å². The Balaban J connectivity index is 1.75. The Labute approximate surface area is 104 Å². The molecule has 0 saturated heterocycles. The van der Waals surface area contributed by atoms with E-state index in [-0.39, 0.29) is 5.92 Å². The van der Waals surface area contributed by atoms with Crippen molar-refractivity contribution >= 4 is 0 Å². The second-order valence-electron chi connectivity index (χ2n) is 4.90. The van der Waals surface area contributed by atoms with Crippen molar-refractivity contribution in [3.8, 4) is 6.07 Å². The summed E-state index contributed by atoms with van der Waals surface area (Å²) in [7, 11) is 0. The first-order valence-electron chi connectivity index (χ1n) is 6.54. The van der Waals surface area contributed by atoms with Gasteiger partial charge in [0.25, 0.3) is 0 Å². The minimum atomic E-state index is 0.196. The second-order valence-corrected chi connectivity index (χ2v) is 4.90. The molecule has 2 nitrogen and oxygen atoms in total. The van der Waals surface area contributed by atoms with Crippen LogP contribution in [0.3, 0.4) is 0 Å². The molecule has 0 heterocycles. The standard InChI is InChI=1S/C15H20N2/c16-10-15(14-8-4-5-9-14)12-17-11-13-6-2-1-3-7-13/h1-3,6-7,14-15,17H,4-5,8-9,11-12H2. The lowest BCUT2D eigenvalue weighted by Crippen LogP contribution is -2.26. The van der Waals surface area contributed by atoms with Crippen LogP contribution in [0.15, 0.2) is 30.3 Å². The van der Waals surface area contributed by atoms with Gasteiger partial charge in [0.2, 0.25) is 0 Å². The quantitative estimate of drug-likeness (QED) is 0.840. The van der Waals surface area contributed by atoms with Crippen LogP contribution in [0, 0.1) is 23.2 Å². The number of nitrogens with one attached hydrogen (secondary N) is 1. The summed E-state index contributed by atoms with van der Waals surface area (Å²) in [6.45, 7) is 1.70. The molecule has 0 spiro atoms. The molecular weight excluding hydrogens is 208 g/mol. The van der Waals surface area contributed by atoms with Crippen molar-refractivity contribution in [2.75, 3.05) is 6.54 Å². The van der Waals surface area contributed by atoms with Crippen LogP contribution in [-0.2, 0) is 6.54 Å². The highest BCUT2D eigenvalue weighted by Crippen LogP contribution is 2.30. The Morgan fingerprint density at radius 1 is 1.24 bits per heavy atom. The van der Waals surface area contributed by atoms with Crippen molar-refractivity contribution in [3.63, 3.8) is 0 Å². The molecule has 1 saturated carbocycles. The van der Waals surface area contributed by atoms with Crippen molar-refractivity contribution in [2.45, 2.75) is 32.2 Å². The van der Waals surface area contributed by atoms with Crippen molar-refractivity contribution in [3.05, 3.63) is 35.9 Å². The zero-order valence-electron chi connectivity index (χ0n) is 10.2. The maximum atomic E-state index is 9.19. The van der Waals surface area contributed by atoms with Gasteiger partial charge in [0.05, 0.1) is 12.0 Å². The summed E-state index contributed by atoms with van der Waals surface area (Å²) < 4.78 is 0. The molecule has 90 valence electrons. The van der Waals surface area contributed by atoms with Crippen LogP contribution in [0.2, 0.25) is 0 Å². The fraction of sp³-hybridized carbons (Fsp3) is 0.533. The fourth-order valence-corrected chi connectivity index (χ4v) is 2.65. The van der Waals surface area contributed by atoms with Crippen molar-refractivity contribution in [1.82, 2.24) is 5.32 Å². The average Bonchev–Trinajstić information content (AvgIpc) is 2.90. The zero-order chi connectivity index (χ0) is 11.9. The van der Waals surface area contributed by atoms with Gasteiger partial charge in [-0.1, -0.05) is 43.2 Å². The van der Waals surface area contributed by atoms with Crippen LogP contribution >= 0.6 is 0 Å². The molecule has 0 radical (unpaired) electrons. The van der Waals surface area contributed by atoms with E-state index in [1.165, 1.54) is 31.2 Å². The number of nitrogens with zero attached hydrogens (tertiary/aromatic N) is 1. The van der Waals surface area contributed by atoms with E-state index in [4.69, 9.17) is 0 Å². The van der Waals surface area contributed by atoms with Gasteiger partial charge < -0.3 is 5.32 Å². The van der Waals surface area contributed by atoms with Gasteiger partial charge in [0, 0.05) is 13.1 Å². The van der Waals surface area contributed by atoms with E-state index in [0.717, 1.165) is 13.1 Å². The van der Waals surface area contributed by atoms with Crippen LogP contribution in [-0.4, -0.2) is 6.54 Å². The van der Waals surface area contributed by atoms with Gasteiger partial charge in [0.1, 0.15) is 0 Å². The lowest BCUT2D eigenvalue weighted by molar-refractivity contribution is 0.392. The third-order valence-corrected chi connectivity index (χ3v) is 3.67. The molecule has 1 unspecified atom stereocenters. The van der Waals surface area contributed by atoms with Crippen molar-refractivity contribution in [1.29, 1.82) is 5.26 Å². The molecule has 1 aliphatic rings. The van der Waals surface area contributed by atoms with Gasteiger partial charge in [0.15, 0.2) is 0 Å². The van der Waals surface area contributed by atoms with Crippen LogP contribution in [0.1, 0.15) is 31.2 Å². The van der Waals surface area contributed by atoms with Gasteiger partial charge in [-0.3, -0.25) is 0 Å². The number of rotatable bonds is 5. The summed E-state index contributed by atoms with van der Waals surface area (Å²) in [5.41, 5.74) is 1.29.